The summed E-state index contributed by atoms with van der Waals surface area (Å²) < 4.78 is 5.71. The summed E-state index contributed by atoms with van der Waals surface area (Å²) in [6.07, 6.45) is 0. The molecule has 0 aromatic carbocycles. The summed E-state index contributed by atoms with van der Waals surface area (Å²) in [6, 6.07) is 6.25. The maximum Gasteiger partial charge on any atom is 0.118 e. The molecule has 3 nitrogen and oxygen atoms in total. The average molecular weight is 250 g/mol. The van der Waals surface area contributed by atoms with E-state index in [1.165, 1.54) is 5.56 Å². The lowest BCUT2D eigenvalue weighted by Crippen LogP contribution is -2.16. The summed E-state index contributed by atoms with van der Waals surface area (Å²) in [4.78, 5) is 2.25. The predicted molar refractivity (Wildman–Crippen MR) is 71.0 cm³/mol. The molecule has 0 aliphatic carbocycles. The first-order valence-corrected chi connectivity index (χ1v) is 6.64. The monoisotopic (exact) mass is 250 g/mol. The fourth-order valence-corrected chi connectivity index (χ4v) is 2.45. The third kappa shape index (κ3) is 3.70. The maximum absolute atomic E-state index is 5.71. The highest BCUT2D eigenvalue weighted by Gasteiger charge is 2.06. The molecule has 0 saturated carbocycles. The molecule has 0 aliphatic heterocycles. The van der Waals surface area contributed by atoms with Gasteiger partial charge in [0.25, 0.3) is 0 Å². The molecule has 92 valence electrons. The Morgan fingerprint density at radius 2 is 2.06 bits per heavy atom. The van der Waals surface area contributed by atoms with Gasteiger partial charge in [0.15, 0.2) is 0 Å². The second kappa shape index (κ2) is 6.00. The molecule has 2 aromatic heterocycles. The molecule has 0 amide bonds. The molecule has 0 radical (unpaired) electrons. The third-order valence-corrected chi connectivity index (χ3v) is 3.26. The van der Waals surface area contributed by atoms with Crippen LogP contribution in [-0.2, 0) is 19.6 Å². The zero-order valence-electron chi connectivity index (χ0n) is 10.3. The number of thiophene rings is 1. The van der Waals surface area contributed by atoms with Gasteiger partial charge in [-0.25, -0.2) is 0 Å². The van der Waals surface area contributed by atoms with Gasteiger partial charge in [0.2, 0.25) is 0 Å². The molecule has 0 bridgehead atoms. The van der Waals surface area contributed by atoms with Gasteiger partial charge < -0.3 is 9.73 Å². The fraction of sp³-hybridized carbons (Fsp3) is 0.385. The molecule has 0 unspecified atom stereocenters. The van der Waals surface area contributed by atoms with Crippen LogP contribution in [0.5, 0.6) is 0 Å². The van der Waals surface area contributed by atoms with Crippen LogP contribution in [0.4, 0.5) is 0 Å². The Kier molecular flexibility index (Phi) is 4.36. The van der Waals surface area contributed by atoms with E-state index in [2.05, 4.69) is 40.2 Å². The SMILES string of the molecule is CNCc1ccc(CN(C)Cc2ccsc2)o1. The minimum atomic E-state index is 0.786. The minimum absolute atomic E-state index is 0.786. The van der Waals surface area contributed by atoms with Gasteiger partial charge in [0.1, 0.15) is 11.5 Å². The minimum Gasteiger partial charge on any atom is -0.463 e. The number of nitrogens with zero attached hydrogens (tertiary/aromatic N) is 1. The van der Waals surface area contributed by atoms with E-state index in [4.69, 9.17) is 4.42 Å². The average Bonchev–Trinajstić information content (AvgIpc) is 2.91. The van der Waals surface area contributed by atoms with Crippen LogP contribution >= 0.6 is 11.3 Å². The highest BCUT2D eigenvalue weighted by Crippen LogP contribution is 2.13. The van der Waals surface area contributed by atoms with Gasteiger partial charge >= 0.3 is 0 Å². The summed E-state index contributed by atoms with van der Waals surface area (Å²) in [6.45, 7) is 2.60. The lowest BCUT2D eigenvalue weighted by Gasteiger charge is -2.13. The Hall–Kier alpha value is -1.10. The van der Waals surface area contributed by atoms with Crippen molar-refractivity contribution in [3.8, 4) is 0 Å². The Bertz CT molecular complexity index is 436. The van der Waals surface area contributed by atoms with Gasteiger partial charge in [-0.2, -0.15) is 11.3 Å². The number of nitrogens with one attached hydrogen (secondary N) is 1. The first-order chi connectivity index (χ1) is 8.28. The predicted octanol–water partition coefficient (Wildman–Crippen LogP) is 2.69. The van der Waals surface area contributed by atoms with Crippen molar-refractivity contribution in [2.75, 3.05) is 14.1 Å². The molecule has 2 heterocycles. The van der Waals surface area contributed by atoms with Crippen LogP contribution in [0.15, 0.2) is 33.4 Å². The van der Waals surface area contributed by atoms with E-state index in [0.717, 1.165) is 31.2 Å². The molecule has 0 atom stereocenters. The fourth-order valence-electron chi connectivity index (χ4n) is 1.79. The summed E-state index contributed by atoms with van der Waals surface area (Å²) in [5, 5.41) is 7.38. The zero-order chi connectivity index (χ0) is 12.1. The second-order valence-electron chi connectivity index (χ2n) is 4.20. The second-order valence-corrected chi connectivity index (χ2v) is 4.98. The molecule has 0 aliphatic rings. The molecular weight excluding hydrogens is 232 g/mol. The van der Waals surface area contributed by atoms with E-state index in [0.29, 0.717) is 0 Å². The first-order valence-electron chi connectivity index (χ1n) is 5.69. The summed E-state index contributed by atoms with van der Waals surface area (Å²) in [5.74, 6) is 2.01. The van der Waals surface area contributed by atoms with Crippen LogP contribution in [0.2, 0.25) is 0 Å². The van der Waals surface area contributed by atoms with Crippen molar-refractivity contribution in [1.82, 2.24) is 10.2 Å². The van der Waals surface area contributed by atoms with Crippen molar-refractivity contribution in [1.29, 1.82) is 0 Å². The molecule has 0 saturated heterocycles. The van der Waals surface area contributed by atoms with Gasteiger partial charge in [-0.1, -0.05) is 0 Å². The van der Waals surface area contributed by atoms with Gasteiger partial charge in [-0.3, -0.25) is 4.90 Å². The topological polar surface area (TPSA) is 28.4 Å². The molecule has 0 fully saturated rings. The van der Waals surface area contributed by atoms with Gasteiger partial charge in [-0.05, 0) is 48.6 Å². The summed E-state index contributed by atoms with van der Waals surface area (Å²) in [5.41, 5.74) is 1.36. The van der Waals surface area contributed by atoms with Crippen molar-refractivity contribution in [3.05, 3.63) is 46.0 Å². The van der Waals surface area contributed by atoms with Crippen LogP contribution in [0.1, 0.15) is 17.1 Å². The third-order valence-electron chi connectivity index (χ3n) is 2.53. The van der Waals surface area contributed by atoms with E-state index in [9.17, 15) is 0 Å². The van der Waals surface area contributed by atoms with E-state index in [-0.39, 0.29) is 0 Å². The van der Waals surface area contributed by atoms with E-state index in [1.54, 1.807) is 11.3 Å². The lowest BCUT2D eigenvalue weighted by atomic mass is 10.3. The van der Waals surface area contributed by atoms with Crippen LogP contribution in [-0.4, -0.2) is 19.0 Å². The van der Waals surface area contributed by atoms with Crippen LogP contribution in [0.25, 0.3) is 0 Å². The van der Waals surface area contributed by atoms with Crippen LogP contribution < -0.4 is 5.32 Å². The van der Waals surface area contributed by atoms with Crippen molar-refractivity contribution in [2.45, 2.75) is 19.6 Å². The summed E-state index contributed by atoms with van der Waals surface area (Å²) >= 11 is 1.74. The van der Waals surface area contributed by atoms with Gasteiger partial charge in [-0.15, -0.1) is 0 Å². The van der Waals surface area contributed by atoms with Crippen molar-refractivity contribution >= 4 is 11.3 Å². The van der Waals surface area contributed by atoms with Crippen LogP contribution in [0, 0.1) is 0 Å². The van der Waals surface area contributed by atoms with Gasteiger partial charge in [0, 0.05) is 6.54 Å². The highest BCUT2D eigenvalue weighted by atomic mass is 32.1. The van der Waals surface area contributed by atoms with Crippen molar-refractivity contribution in [2.24, 2.45) is 0 Å². The Morgan fingerprint density at radius 3 is 2.76 bits per heavy atom. The maximum atomic E-state index is 5.71. The Morgan fingerprint density at radius 1 is 1.24 bits per heavy atom. The number of furan rings is 1. The summed E-state index contributed by atoms with van der Waals surface area (Å²) in [7, 11) is 4.03. The smallest absolute Gasteiger partial charge is 0.118 e. The Labute approximate surface area is 106 Å². The quantitative estimate of drug-likeness (QED) is 0.854. The molecule has 4 heteroatoms. The largest absolute Gasteiger partial charge is 0.463 e. The van der Waals surface area contributed by atoms with Crippen molar-refractivity contribution < 1.29 is 4.42 Å². The molecule has 2 rings (SSSR count). The number of hydrogen-bond donors (Lipinski definition) is 1. The normalized spacial score (nSPS) is 11.2. The molecule has 17 heavy (non-hydrogen) atoms. The van der Waals surface area contributed by atoms with Crippen molar-refractivity contribution in [3.63, 3.8) is 0 Å². The molecule has 2 aromatic rings. The zero-order valence-corrected chi connectivity index (χ0v) is 11.1. The number of rotatable bonds is 6. The van der Waals surface area contributed by atoms with Gasteiger partial charge in [0.05, 0.1) is 13.1 Å². The van der Waals surface area contributed by atoms with E-state index in [1.807, 2.05) is 13.1 Å². The lowest BCUT2D eigenvalue weighted by molar-refractivity contribution is 0.283. The standard InChI is InChI=1S/C13H18N2OS/c1-14-7-12-3-4-13(16-12)9-15(2)8-11-5-6-17-10-11/h3-6,10,14H,7-9H2,1-2H3. The van der Waals surface area contributed by atoms with Crippen LogP contribution in [0.3, 0.4) is 0 Å². The van der Waals surface area contributed by atoms with E-state index >= 15 is 0 Å². The molecule has 1 N–H and O–H groups in total. The first kappa shape index (κ1) is 12.4. The molecule has 0 spiro atoms. The number of hydrogen-bond acceptors (Lipinski definition) is 4. The van der Waals surface area contributed by atoms with E-state index < -0.39 is 0 Å². The highest BCUT2D eigenvalue weighted by molar-refractivity contribution is 7.07. The molecular formula is C13H18N2OS. The Balaban J connectivity index is 1.86.